The largest absolute Gasteiger partial charge is 0.482 e. The van der Waals surface area contributed by atoms with Crippen LogP contribution in [0.15, 0.2) is 24.3 Å². The predicted octanol–water partition coefficient (Wildman–Crippen LogP) is 4.00. The summed E-state index contributed by atoms with van der Waals surface area (Å²) < 4.78 is 15.7. The predicted molar refractivity (Wildman–Crippen MR) is 118 cm³/mol. The zero-order chi connectivity index (χ0) is 22.5. The first-order valence-corrected chi connectivity index (χ1v) is 10.7. The second-order valence-electron chi connectivity index (χ2n) is 7.15. The van der Waals surface area contributed by atoms with Crippen LogP contribution < -0.4 is 10.5 Å². The highest BCUT2D eigenvalue weighted by molar-refractivity contribution is 7.20. The number of hydrogen-bond acceptors (Lipinski definition) is 9. The fourth-order valence-electron chi connectivity index (χ4n) is 2.95. The van der Waals surface area contributed by atoms with Crippen LogP contribution in [0, 0.1) is 6.92 Å². The van der Waals surface area contributed by atoms with Crippen LogP contribution in [-0.4, -0.2) is 35.1 Å². The lowest BCUT2D eigenvalue weighted by atomic mass is 10.0. The summed E-state index contributed by atoms with van der Waals surface area (Å²) in [6.07, 6.45) is 0. The van der Waals surface area contributed by atoms with Crippen molar-refractivity contribution in [3.8, 4) is 5.75 Å². The number of anilines is 1. The van der Waals surface area contributed by atoms with Gasteiger partial charge in [-0.05, 0) is 43.0 Å². The molecule has 8 nitrogen and oxygen atoms in total. The number of ether oxygens (including phenoxy) is 3. The minimum absolute atomic E-state index is 0.152. The Morgan fingerprint density at radius 1 is 1.13 bits per heavy atom. The molecule has 0 aliphatic heterocycles. The summed E-state index contributed by atoms with van der Waals surface area (Å²) in [4.78, 5) is 33.7. The molecule has 31 heavy (non-hydrogen) atoms. The van der Waals surface area contributed by atoms with E-state index in [2.05, 4.69) is 23.8 Å². The topological polar surface area (TPSA) is 114 Å². The Labute approximate surface area is 184 Å². The number of carbonyl (C=O) groups is 2. The van der Waals surface area contributed by atoms with E-state index >= 15 is 0 Å². The Balaban J connectivity index is 1.62. The molecule has 0 saturated carbocycles. The highest BCUT2D eigenvalue weighted by Gasteiger charge is 2.20. The monoisotopic (exact) mass is 443 g/mol. The third-order valence-electron chi connectivity index (χ3n) is 4.59. The quantitative estimate of drug-likeness (QED) is 0.520. The van der Waals surface area contributed by atoms with Gasteiger partial charge in [0.05, 0.1) is 12.0 Å². The Kier molecular flexibility index (Phi) is 7.06. The van der Waals surface area contributed by atoms with Crippen molar-refractivity contribution in [2.24, 2.45) is 0 Å². The van der Waals surface area contributed by atoms with Crippen molar-refractivity contribution in [2.75, 3.05) is 18.9 Å². The molecule has 0 bridgehead atoms. The van der Waals surface area contributed by atoms with Crippen molar-refractivity contribution in [2.45, 2.75) is 40.2 Å². The molecule has 0 aliphatic rings. The van der Waals surface area contributed by atoms with Crippen LogP contribution in [0.5, 0.6) is 5.75 Å². The van der Waals surface area contributed by atoms with E-state index in [1.807, 2.05) is 24.3 Å². The summed E-state index contributed by atoms with van der Waals surface area (Å²) in [6.45, 7) is 7.62. The number of fused-ring (bicyclic) bond motifs is 1. The zero-order valence-corrected chi connectivity index (χ0v) is 18.7. The molecule has 0 radical (unpaired) electrons. The van der Waals surface area contributed by atoms with Gasteiger partial charge in [-0.15, -0.1) is 11.3 Å². The number of nitrogen functional groups attached to an aromatic ring is 1. The third kappa shape index (κ3) is 5.29. The number of thiophene rings is 1. The molecule has 0 unspecified atom stereocenters. The summed E-state index contributed by atoms with van der Waals surface area (Å²) in [5.41, 5.74) is 7.92. The van der Waals surface area contributed by atoms with Crippen molar-refractivity contribution in [1.82, 2.24) is 9.97 Å². The Bertz CT molecular complexity index is 1090. The number of hydrogen-bond donors (Lipinski definition) is 1. The number of aryl methyl sites for hydroxylation is 1. The van der Waals surface area contributed by atoms with Crippen LogP contribution in [0.3, 0.4) is 0 Å². The van der Waals surface area contributed by atoms with E-state index in [9.17, 15) is 9.59 Å². The average molecular weight is 444 g/mol. The third-order valence-corrected chi connectivity index (χ3v) is 5.76. The van der Waals surface area contributed by atoms with Crippen LogP contribution >= 0.6 is 11.3 Å². The smallest absolute Gasteiger partial charge is 0.348 e. The van der Waals surface area contributed by atoms with Crippen LogP contribution in [0.4, 0.5) is 5.82 Å². The summed E-state index contributed by atoms with van der Waals surface area (Å²) in [5, 5.41) is 0.608. The normalized spacial score (nSPS) is 11.0. The molecule has 164 valence electrons. The zero-order valence-electron chi connectivity index (χ0n) is 17.9. The second kappa shape index (κ2) is 9.74. The molecule has 0 atom stereocenters. The highest BCUT2D eigenvalue weighted by atomic mass is 32.1. The van der Waals surface area contributed by atoms with Crippen molar-refractivity contribution in [1.29, 1.82) is 0 Å². The van der Waals surface area contributed by atoms with E-state index in [4.69, 9.17) is 19.9 Å². The van der Waals surface area contributed by atoms with Gasteiger partial charge in [-0.3, -0.25) is 0 Å². The Hall–Kier alpha value is -3.20. The van der Waals surface area contributed by atoms with Crippen molar-refractivity contribution in [3.63, 3.8) is 0 Å². The number of nitrogens with zero attached hydrogens (tertiary/aromatic N) is 2. The van der Waals surface area contributed by atoms with Crippen LogP contribution in [0.1, 0.15) is 53.3 Å². The fourth-order valence-corrected chi connectivity index (χ4v) is 4.05. The molecule has 2 N–H and O–H groups in total. The number of esters is 2. The van der Waals surface area contributed by atoms with Crippen LogP contribution in [-0.2, 0) is 20.9 Å². The standard InChI is InChI=1S/C22H25N3O5S/c1-5-28-22(27)19-13(4)18-20(23)24-16(25-21(18)31-19)10-30-17(26)11-29-15-8-6-14(7-9-15)12(2)3/h6-9,12H,5,10-11H2,1-4H3,(H2,23,24,25). The molecule has 0 amide bonds. The maximum absolute atomic E-state index is 12.1. The Morgan fingerprint density at radius 3 is 2.48 bits per heavy atom. The molecule has 3 rings (SSSR count). The van der Waals surface area contributed by atoms with Gasteiger partial charge in [-0.1, -0.05) is 26.0 Å². The van der Waals surface area contributed by atoms with E-state index in [1.54, 1.807) is 13.8 Å². The van der Waals surface area contributed by atoms with Gasteiger partial charge in [0.1, 0.15) is 21.3 Å². The molecule has 3 aromatic rings. The minimum atomic E-state index is -0.551. The van der Waals surface area contributed by atoms with Gasteiger partial charge < -0.3 is 19.9 Å². The van der Waals surface area contributed by atoms with Gasteiger partial charge in [0.25, 0.3) is 0 Å². The van der Waals surface area contributed by atoms with E-state index in [0.717, 1.165) is 0 Å². The maximum atomic E-state index is 12.1. The molecular formula is C22H25N3O5S. The van der Waals surface area contributed by atoms with Crippen LogP contribution in [0.25, 0.3) is 10.2 Å². The first kappa shape index (κ1) is 22.5. The molecule has 0 saturated heterocycles. The van der Waals surface area contributed by atoms with Crippen molar-refractivity contribution in [3.05, 3.63) is 46.1 Å². The van der Waals surface area contributed by atoms with Crippen molar-refractivity contribution < 1.29 is 23.8 Å². The summed E-state index contributed by atoms with van der Waals surface area (Å²) in [5.74, 6) is 0.505. The summed E-state index contributed by atoms with van der Waals surface area (Å²) >= 11 is 1.17. The number of nitrogens with two attached hydrogens (primary N) is 1. The fraction of sp³-hybridized carbons (Fsp3) is 0.364. The summed E-state index contributed by atoms with van der Waals surface area (Å²) in [7, 11) is 0. The number of carbonyl (C=O) groups excluding carboxylic acids is 2. The molecule has 0 spiro atoms. The number of rotatable bonds is 8. The van der Waals surface area contributed by atoms with Gasteiger partial charge in [0.15, 0.2) is 19.0 Å². The molecule has 2 heterocycles. The van der Waals surface area contributed by atoms with Gasteiger partial charge in [0.2, 0.25) is 0 Å². The van der Waals surface area contributed by atoms with Gasteiger partial charge in [0, 0.05) is 0 Å². The lowest BCUT2D eigenvalue weighted by molar-refractivity contribution is -0.147. The number of benzene rings is 1. The lowest BCUT2D eigenvalue weighted by Crippen LogP contribution is -2.15. The summed E-state index contributed by atoms with van der Waals surface area (Å²) in [6, 6.07) is 7.57. The second-order valence-corrected chi connectivity index (χ2v) is 8.15. The first-order valence-electron chi connectivity index (χ1n) is 9.91. The van der Waals surface area contributed by atoms with E-state index in [1.165, 1.54) is 16.9 Å². The molecule has 1 aromatic carbocycles. The lowest BCUT2D eigenvalue weighted by Gasteiger charge is -2.09. The molecule has 0 fully saturated rings. The SMILES string of the molecule is CCOC(=O)c1sc2nc(COC(=O)COc3ccc(C(C)C)cc3)nc(N)c2c1C. The van der Waals surface area contributed by atoms with Gasteiger partial charge in [-0.2, -0.15) is 0 Å². The molecule has 2 aromatic heterocycles. The minimum Gasteiger partial charge on any atom is -0.482 e. The van der Waals surface area contributed by atoms with E-state index in [0.29, 0.717) is 32.3 Å². The van der Waals surface area contributed by atoms with E-state index < -0.39 is 11.9 Å². The molecule has 9 heteroatoms. The number of aromatic nitrogens is 2. The van der Waals surface area contributed by atoms with Gasteiger partial charge >= 0.3 is 11.9 Å². The molecular weight excluding hydrogens is 418 g/mol. The molecule has 0 aliphatic carbocycles. The highest BCUT2D eigenvalue weighted by Crippen LogP contribution is 2.33. The average Bonchev–Trinajstić information content (AvgIpc) is 3.08. The van der Waals surface area contributed by atoms with Crippen molar-refractivity contribution >= 4 is 39.3 Å². The first-order chi connectivity index (χ1) is 14.8. The Morgan fingerprint density at radius 2 is 1.84 bits per heavy atom. The van der Waals surface area contributed by atoms with E-state index in [-0.39, 0.29) is 31.5 Å². The maximum Gasteiger partial charge on any atom is 0.348 e. The van der Waals surface area contributed by atoms with Crippen LogP contribution in [0.2, 0.25) is 0 Å². The van der Waals surface area contributed by atoms with Gasteiger partial charge in [-0.25, -0.2) is 19.6 Å².